The maximum absolute atomic E-state index is 13.4. The van der Waals surface area contributed by atoms with E-state index in [1.807, 2.05) is 12.1 Å². The van der Waals surface area contributed by atoms with Crippen molar-refractivity contribution in [2.24, 2.45) is 0 Å². The van der Waals surface area contributed by atoms with E-state index in [9.17, 15) is 19.2 Å². The Kier molecular flexibility index (Phi) is 4.20. The molecule has 28 heavy (non-hydrogen) atoms. The smallest absolute Gasteiger partial charge is 0.322 e. The van der Waals surface area contributed by atoms with E-state index >= 15 is 0 Å². The first kappa shape index (κ1) is 18.2. The number of rotatable bonds is 3. The van der Waals surface area contributed by atoms with Gasteiger partial charge in [0, 0.05) is 28.0 Å². The summed E-state index contributed by atoms with van der Waals surface area (Å²) in [7, 11) is 0. The van der Waals surface area contributed by atoms with Gasteiger partial charge in [-0.25, -0.2) is 9.18 Å². The molecule has 1 aliphatic heterocycles. The lowest BCUT2D eigenvalue weighted by atomic mass is 9.92. The molecule has 2 aromatic heterocycles. The van der Waals surface area contributed by atoms with Crippen LogP contribution in [0.15, 0.2) is 53.3 Å². The number of nitrogens with zero attached hydrogens (tertiary/aromatic N) is 3. The lowest BCUT2D eigenvalue weighted by molar-refractivity contribution is -0.131. The summed E-state index contributed by atoms with van der Waals surface area (Å²) in [6.07, 6.45) is 3.53. The summed E-state index contributed by atoms with van der Waals surface area (Å²) < 4.78 is 15.6. The van der Waals surface area contributed by atoms with E-state index in [1.165, 1.54) is 18.2 Å². The Labute approximate surface area is 168 Å². The third-order valence-corrected chi connectivity index (χ3v) is 5.60. The van der Waals surface area contributed by atoms with E-state index in [4.69, 9.17) is 0 Å². The first-order chi connectivity index (χ1) is 13.3. The van der Waals surface area contributed by atoms with Gasteiger partial charge in [0.2, 0.25) is 0 Å². The van der Waals surface area contributed by atoms with Crippen LogP contribution in [-0.2, 0) is 16.9 Å². The Morgan fingerprint density at radius 2 is 2.07 bits per heavy atom. The SMILES string of the molecule is C[C@@]1(c2ccc(F)cc2Br)NC(=O)N(Cc2cn3ccccc3c2C#N)C1=O. The van der Waals surface area contributed by atoms with Crippen LogP contribution in [0.3, 0.4) is 0 Å². The summed E-state index contributed by atoms with van der Waals surface area (Å²) in [6.45, 7) is 1.54. The third-order valence-electron chi connectivity index (χ3n) is 4.95. The minimum atomic E-state index is -1.34. The van der Waals surface area contributed by atoms with Crippen LogP contribution in [0.2, 0.25) is 0 Å². The van der Waals surface area contributed by atoms with Crippen LogP contribution in [-0.4, -0.2) is 21.2 Å². The second-order valence-electron chi connectivity index (χ2n) is 6.70. The zero-order chi connectivity index (χ0) is 20.1. The maximum Gasteiger partial charge on any atom is 0.325 e. The highest BCUT2D eigenvalue weighted by molar-refractivity contribution is 9.10. The standard InChI is InChI=1S/C20H14BrFN4O2/c1-20(15-6-5-13(22)8-16(15)21)18(27)26(19(28)24-20)11-12-10-25-7-3-2-4-17(25)14(12)9-23/h2-8,10H,11H2,1H3,(H,24,28)/t20-/m0/s1. The third kappa shape index (κ3) is 2.67. The summed E-state index contributed by atoms with van der Waals surface area (Å²) in [5.74, 6) is -0.920. The van der Waals surface area contributed by atoms with Crippen LogP contribution < -0.4 is 5.32 Å². The molecule has 140 valence electrons. The number of hydrogen-bond acceptors (Lipinski definition) is 3. The molecule has 1 atom stereocenters. The van der Waals surface area contributed by atoms with Gasteiger partial charge in [-0.15, -0.1) is 0 Å². The van der Waals surface area contributed by atoms with Crippen molar-refractivity contribution < 1.29 is 14.0 Å². The molecule has 0 saturated carbocycles. The number of halogens is 2. The van der Waals surface area contributed by atoms with E-state index < -0.39 is 23.3 Å². The van der Waals surface area contributed by atoms with Gasteiger partial charge in [0.25, 0.3) is 5.91 Å². The zero-order valence-electron chi connectivity index (χ0n) is 14.7. The number of benzene rings is 1. The van der Waals surface area contributed by atoms with Gasteiger partial charge in [-0.05, 0) is 31.2 Å². The van der Waals surface area contributed by atoms with Gasteiger partial charge in [0.15, 0.2) is 0 Å². The van der Waals surface area contributed by atoms with Gasteiger partial charge in [0.05, 0.1) is 17.6 Å². The Morgan fingerprint density at radius 1 is 1.29 bits per heavy atom. The van der Waals surface area contributed by atoms with Crippen molar-refractivity contribution in [1.29, 1.82) is 5.26 Å². The molecule has 0 aliphatic carbocycles. The number of pyridine rings is 1. The molecule has 1 saturated heterocycles. The van der Waals surface area contributed by atoms with E-state index in [0.29, 0.717) is 26.7 Å². The number of carbonyl (C=O) groups excluding carboxylic acids is 2. The molecule has 1 aromatic carbocycles. The molecule has 4 rings (SSSR count). The Bertz CT molecular complexity index is 1180. The minimum Gasteiger partial charge on any atom is -0.322 e. The van der Waals surface area contributed by atoms with Gasteiger partial charge < -0.3 is 9.72 Å². The predicted octanol–water partition coefficient (Wildman–Crippen LogP) is 3.68. The van der Waals surface area contributed by atoms with Crippen LogP contribution in [0.1, 0.15) is 23.6 Å². The van der Waals surface area contributed by atoms with Crippen molar-refractivity contribution in [3.05, 3.63) is 75.8 Å². The van der Waals surface area contributed by atoms with Crippen molar-refractivity contribution >= 4 is 33.4 Å². The van der Waals surface area contributed by atoms with Crippen LogP contribution in [0.5, 0.6) is 0 Å². The van der Waals surface area contributed by atoms with Crippen molar-refractivity contribution in [2.45, 2.75) is 19.0 Å². The molecule has 1 fully saturated rings. The second kappa shape index (κ2) is 6.46. The first-order valence-electron chi connectivity index (χ1n) is 8.43. The largest absolute Gasteiger partial charge is 0.325 e. The summed E-state index contributed by atoms with van der Waals surface area (Å²) >= 11 is 3.26. The van der Waals surface area contributed by atoms with Gasteiger partial charge in [0.1, 0.15) is 17.4 Å². The van der Waals surface area contributed by atoms with Crippen molar-refractivity contribution in [3.8, 4) is 6.07 Å². The van der Waals surface area contributed by atoms with E-state index in [0.717, 1.165) is 4.90 Å². The number of hydrogen-bond donors (Lipinski definition) is 1. The van der Waals surface area contributed by atoms with Crippen LogP contribution in [0.4, 0.5) is 9.18 Å². The molecule has 3 aromatic rings. The normalized spacial score (nSPS) is 19.1. The number of aromatic nitrogens is 1. The topological polar surface area (TPSA) is 77.6 Å². The summed E-state index contributed by atoms with van der Waals surface area (Å²) in [4.78, 5) is 26.8. The van der Waals surface area contributed by atoms with Crippen LogP contribution in [0, 0.1) is 17.1 Å². The molecule has 0 radical (unpaired) electrons. The highest BCUT2D eigenvalue weighted by atomic mass is 79.9. The van der Waals surface area contributed by atoms with E-state index in [2.05, 4.69) is 27.3 Å². The fourth-order valence-electron chi connectivity index (χ4n) is 3.51. The molecular weight excluding hydrogens is 427 g/mol. The number of amides is 3. The molecular formula is C20H14BrFN4O2. The molecule has 3 heterocycles. The number of urea groups is 1. The Morgan fingerprint density at radius 3 is 2.79 bits per heavy atom. The summed E-state index contributed by atoms with van der Waals surface area (Å²) in [5, 5.41) is 12.2. The summed E-state index contributed by atoms with van der Waals surface area (Å²) in [6, 6.07) is 11.0. The fourth-order valence-corrected chi connectivity index (χ4v) is 4.26. The highest BCUT2D eigenvalue weighted by Crippen LogP contribution is 2.35. The van der Waals surface area contributed by atoms with Crippen molar-refractivity contribution in [2.75, 3.05) is 0 Å². The van der Waals surface area contributed by atoms with Gasteiger partial charge in [-0.1, -0.05) is 28.1 Å². The maximum atomic E-state index is 13.4. The number of imide groups is 1. The van der Waals surface area contributed by atoms with Crippen LogP contribution in [0.25, 0.3) is 5.52 Å². The highest BCUT2D eigenvalue weighted by Gasteiger charge is 2.50. The van der Waals surface area contributed by atoms with Crippen molar-refractivity contribution in [1.82, 2.24) is 14.6 Å². The van der Waals surface area contributed by atoms with E-state index in [1.54, 1.807) is 29.8 Å². The average Bonchev–Trinajstić information content (AvgIpc) is 3.11. The van der Waals surface area contributed by atoms with Crippen LogP contribution >= 0.6 is 15.9 Å². The van der Waals surface area contributed by atoms with Crippen molar-refractivity contribution in [3.63, 3.8) is 0 Å². The number of carbonyl (C=O) groups is 2. The predicted molar refractivity (Wildman–Crippen MR) is 103 cm³/mol. The number of fused-ring (bicyclic) bond motifs is 1. The molecule has 0 bridgehead atoms. The average molecular weight is 441 g/mol. The molecule has 3 amide bonds. The minimum absolute atomic E-state index is 0.0381. The number of nitrogens with one attached hydrogen (secondary N) is 1. The molecule has 8 heteroatoms. The lowest BCUT2D eigenvalue weighted by Crippen LogP contribution is -2.41. The molecule has 1 aliphatic rings. The van der Waals surface area contributed by atoms with E-state index in [-0.39, 0.29) is 6.54 Å². The van der Waals surface area contributed by atoms with Gasteiger partial charge in [-0.2, -0.15) is 5.26 Å². The first-order valence-corrected chi connectivity index (χ1v) is 9.23. The quantitative estimate of drug-likeness (QED) is 0.630. The number of nitriles is 1. The Balaban J connectivity index is 1.72. The van der Waals surface area contributed by atoms with Gasteiger partial charge >= 0.3 is 6.03 Å². The zero-order valence-corrected chi connectivity index (χ0v) is 16.3. The molecule has 6 nitrogen and oxygen atoms in total. The molecule has 1 N–H and O–H groups in total. The summed E-state index contributed by atoms with van der Waals surface area (Å²) in [5.41, 5.74) is 0.807. The Hall–Kier alpha value is -3.18. The second-order valence-corrected chi connectivity index (χ2v) is 7.56. The lowest BCUT2D eigenvalue weighted by Gasteiger charge is -2.23. The molecule has 0 spiro atoms. The molecule has 0 unspecified atom stereocenters. The van der Waals surface area contributed by atoms with Gasteiger partial charge in [-0.3, -0.25) is 9.69 Å². The fraction of sp³-hybridized carbons (Fsp3) is 0.150. The monoisotopic (exact) mass is 440 g/mol.